The maximum atomic E-state index is 13.0. The van der Waals surface area contributed by atoms with Crippen LogP contribution in [-0.4, -0.2) is 12.5 Å². The van der Waals surface area contributed by atoms with Gasteiger partial charge in [-0.2, -0.15) is 5.26 Å². The number of nitrogens with one attached hydrogen (secondary N) is 1. The van der Waals surface area contributed by atoms with E-state index in [4.69, 9.17) is 21.1 Å². The Morgan fingerprint density at radius 3 is 2.56 bits per heavy atom. The fraction of sp³-hybridized carbons (Fsp3) is 0.103. The predicted molar refractivity (Wildman–Crippen MR) is 147 cm³/mol. The molecule has 0 radical (unpaired) electrons. The van der Waals surface area contributed by atoms with Crippen molar-refractivity contribution in [2.45, 2.75) is 13.5 Å². The van der Waals surface area contributed by atoms with E-state index in [9.17, 15) is 10.1 Å². The third-order valence-electron chi connectivity index (χ3n) is 5.34. The summed E-state index contributed by atoms with van der Waals surface area (Å²) in [6.45, 7) is 2.61. The van der Waals surface area contributed by atoms with Crippen molar-refractivity contribution in [2.24, 2.45) is 0 Å². The lowest BCUT2D eigenvalue weighted by molar-refractivity contribution is -0.112. The van der Waals surface area contributed by atoms with Crippen molar-refractivity contribution in [3.8, 4) is 17.6 Å². The van der Waals surface area contributed by atoms with E-state index in [0.717, 1.165) is 16.3 Å². The molecule has 4 aromatic rings. The topological polar surface area (TPSA) is 71.3 Å². The number of halogens is 2. The molecule has 36 heavy (non-hydrogen) atoms. The molecular formula is C29H22BrClN2O3. The SMILES string of the molecule is CCOc1cc(/C=C(\C#N)C(=O)Nc2cccc3ccccc23)cc(Br)c1OCc1ccc(Cl)cc1. The van der Waals surface area contributed by atoms with E-state index in [1.54, 1.807) is 24.3 Å². The number of ether oxygens (including phenoxy) is 2. The maximum absolute atomic E-state index is 13.0. The van der Waals surface area contributed by atoms with Crippen molar-refractivity contribution >= 4 is 56.0 Å². The molecule has 0 saturated heterocycles. The Labute approximate surface area is 223 Å². The smallest absolute Gasteiger partial charge is 0.266 e. The van der Waals surface area contributed by atoms with Crippen molar-refractivity contribution in [2.75, 3.05) is 11.9 Å². The maximum Gasteiger partial charge on any atom is 0.266 e. The number of carbonyl (C=O) groups excluding carboxylic acids is 1. The summed E-state index contributed by atoms with van der Waals surface area (Å²) in [4.78, 5) is 13.0. The van der Waals surface area contributed by atoms with Crippen LogP contribution in [0, 0.1) is 11.3 Å². The van der Waals surface area contributed by atoms with Crippen LogP contribution in [0.15, 0.2) is 88.9 Å². The molecule has 0 aliphatic heterocycles. The normalized spacial score (nSPS) is 11.1. The van der Waals surface area contributed by atoms with Crippen LogP contribution < -0.4 is 14.8 Å². The molecule has 4 rings (SSSR count). The molecule has 0 spiro atoms. The Kier molecular flexibility index (Phi) is 8.27. The van der Waals surface area contributed by atoms with Gasteiger partial charge >= 0.3 is 0 Å². The lowest BCUT2D eigenvalue weighted by atomic mass is 10.1. The van der Waals surface area contributed by atoms with Crippen LogP contribution >= 0.6 is 27.5 Å². The van der Waals surface area contributed by atoms with E-state index < -0.39 is 5.91 Å². The summed E-state index contributed by atoms with van der Waals surface area (Å²) in [5, 5.41) is 15.1. The molecule has 1 N–H and O–H groups in total. The highest BCUT2D eigenvalue weighted by Crippen LogP contribution is 2.38. The summed E-state index contributed by atoms with van der Waals surface area (Å²) < 4.78 is 12.5. The van der Waals surface area contributed by atoms with Crippen LogP contribution in [0.5, 0.6) is 11.5 Å². The average Bonchev–Trinajstić information content (AvgIpc) is 2.88. The highest BCUT2D eigenvalue weighted by Gasteiger charge is 2.15. The number of amides is 1. The highest BCUT2D eigenvalue weighted by molar-refractivity contribution is 9.10. The quantitative estimate of drug-likeness (QED) is 0.176. The molecule has 0 aliphatic rings. The number of rotatable bonds is 8. The first-order chi connectivity index (χ1) is 17.5. The zero-order valence-corrected chi connectivity index (χ0v) is 21.8. The van der Waals surface area contributed by atoms with E-state index >= 15 is 0 Å². The minimum atomic E-state index is -0.494. The van der Waals surface area contributed by atoms with E-state index in [1.165, 1.54) is 6.08 Å². The Hall–Kier alpha value is -3.79. The summed E-state index contributed by atoms with van der Waals surface area (Å²) >= 11 is 9.50. The lowest BCUT2D eigenvalue weighted by Crippen LogP contribution is -2.13. The summed E-state index contributed by atoms with van der Waals surface area (Å²) in [5.41, 5.74) is 2.18. The van der Waals surface area contributed by atoms with Crippen LogP contribution in [-0.2, 0) is 11.4 Å². The number of fused-ring (bicyclic) bond motifs is 1. The largest absolute Gasteiger partial charge is 0.490 e. The number of hydrogen-bond donors (Lipinski definition) is 1. The zero-order chi connectivity index (χ0) is 25.5. The molecule has 0 atom stereocenters. The molecule has 0 heterocycles. The molecule has 180 valence electrons. The number of carbonyl (C=O) groups is 1. The Morgan fingerprint density at radius 1 is 1.06 bits per heavy atom. The van der Waals surface area contributed by atoms with Gasteiger partial charge in [0.1, 0.15) is 18.2 Å². The third-order valence-corrected chi connectivity index (χ3v) is 6.18. The van der Waals surface area contributed by atoms with Gasteiger partial charge in [-0.1, -0.05) is 60.1 Å². The molecule has 0 aromatic heterocycles. The van der Waals surface area contributed by atoms with Gasteiger partial charge in [0.2, 0.25) is 0 Å². The second-order valence-corrected chi connectivity index (χ2v) is 9.12. The molecule has 5 nitrogen and oxygen atoms in total. The van der Waals surface area contributed by atoms with Crippen LogP contribution in [0.2, 0.25) is 5.02 Å². The number of anilines is 1. The molecule has 0 saturated carbocycles. The average molecular weight is 562 g/mol. The van der Waals surface area contributed by atoms with Gasteiger partial charge in [0, 0.05) is 16.1 Å². The Bertz CT molecular complexity index is 1470. The number of hydrogen-bond acceptors (Lipinski definition) is 4. The summed E-state index contributed by atoms with van der Waals surface area (Å²) in [7, 11) is 0. The molecule has 0 aliphatic carbocycles. The number of benzene rings is 4. The first kappa shape index (κ1) is 25.3. The Balaban J connectivity index is 1.59. The van der Waals surface area contributed by atoms with E-state index in [2.05, 4.69) is 21.2 Å². The molecule has 1 amide bonds. The molecular weight excluding hydrogens is 540 g/mol. The fourth-order valence-corrected chi connectivity index (χ4v) is 4.35. The van der Waals surface area contributed by atoms with Gasteiger partial charge in [-0.05, 0) is 75.8 Å². The van der Waals surface area contributed by atoms with Gasteiger partial charge in [-0.25, -0.2) is 0 Å². The molecule has 0 unspecified atom stereocenters. The lowest BCUT2D eigenvalue weighted by Gasteiger charge is -2.15. The van der Waals surface area contributed by atoms with Gasteiger partial charge in [-0.15, -0.1) is 0 Å². The first-order valence-corrected chi connectivity index (χ1v) is 12.4. The van der Waals surface area contributed by atoms with E-state index in [1.807, 2.05) is 67.6 Å². The number of nitriles is 1. The van der Waals surface area contributed by atoms with Gasteiger partial charge < -0.3 is 14.8 Å². The van der Waals surface area contributed by atoms with Crippen molar-refractivity contribution < 1.29 is 14.3 Å². The summed E-state index contributed by atoms with van der Waals surface area (Å²) in [5.74, 6) is 0.535. The van der Waals surface area contributed by atoms with Gasteiger partial charge in [0.05, 0.1) is 11.1 Å². The minimum absolute atomic E-state index is 0.0351. The van der Waals surface area contributed by atoms with Gasteiger partial charge in [0.15, 0.2) is 11.5 Å². The van der Waals surface area contributed by atoms with Gasteiger partial charge in [-0.3, -0.25) is 4.79 Å². The van der Waals surface area contributed by atoms with Crippen molar-refractivity contribution in [1.29, 1.82) is 5.26 Å². The second kappa shape index (κ2) is 11.8. The van der Waals surface area contributed by atoms with Crippen LogP contribution in [0.3, 0.4) is 0 Å². The standard InChI is InChI=1S/C29H22BrClN2O3/c1-2-35-27-16-20(15-25(30)28(27)36-18-19-10-12-23(31)13-11-19)14-22(17-32)29(34)33-26-9-5-7-21-6-3-4-8-24(21)26/h3-16H,2,18H2,1H3,(H,33,34)/b22-14+. The van der Waals surface area contributed by atoms with Crippen molar-refractivity contribution in [1.82, 2.24) is 0 Å². The van der Waals surface area contributed by atoms with Crippen molar-refractivity contribution in [3.63, 3.8) is 0 Å². The molecule has 0 fully saturated rings. The molecule has 4 aromatic carbocycles. The number of nitrogens with zero attached hydrogens (tertiary/aromatic N) is 1. The predicted octanol–water partition coefficient (Wildman–Crippen LogP) is 7.78. The van der Waals surface area contributed by atoms with Gasteiger partial charge in [0.25, 0.3) is 5.91 Å². The van der Waals surface area contributed by atoms with Crippen molar-refractivity contribution in [3.05, 3.63) is 105 Å². The third kappa shape index (κ3) is 6.06. The van der Waals surface area contributed by atoms with E-state index in [0.29, 0.717) is 45.5 Å². The second-order valence-electron chi connectivity index (χ2n) is 7.83. The summed E-state index contributed by atoms with van der Waals surface area (Å²) in [6.07, 6.45) is 1.52. The van der Waals surface area contributed by atoms with Crippen LogP contribution in [0.1, 0.15) is 18.1 Å². The first-order valence-electron chi connectivity index (χ1n) is 11.2. The monoisotopic (exact) mass is 560 g/mol. The minimum Gasteiger partial charge on any atom is -0.490 e. The molecule has 0 bridgehead atoms. The van der Waals surface area contributed by atoms with Crippen LogP contribution in [0.25, 0.3) is 16.8 Å². The fourth-order valence-electron chi connectivity index (χ4n) is 3.65. The van der Waals surface area contributed by atoms with E-state index in [-0.39, 0.29) is 5.57 Å². The highest BCUT2D eigenvalue weighted by atomic mass is 79.9. The van der Waals surface area contributed by atoms with Crippen LogP contribution in [0.4, 0.5) is 5.69 Å². The molecule has 7 heteroatoms. The summed E-state index contributed by atoms with van der Waals surface area (Å²) in [6, 6.07) is 26.3. The Morgan fingerprint density at radius 2 is 1.81 bits per heavy atom. The zero-order valence-electron chi connectivity index (χ0n) is 19.4.